The van der Waals surface area contributed by atoms with Gasteiger partial charge in [0.25, 0.3) is 5.91 Å². The van der Waals surface area contributed by atoms with Crippen LogP contribution >= 0.6 is 0 Å². The fraction of sp³-hybridized carbons (Fsp3) is 0.0833. The molecule has 1 amide bonds. The number of nitrogens with one attached hydrogen (secondary N) is 1. The lowest BCUT2D eigenvalue weighted by molar-refractivity contribution is 0.102. The Morgan fingerprint density at radius 2 is 1.85 bits per heavy atom. The van der Waals surface area contributed by atoms with Crippen molar-refractivity contribution in [2.45, 2.75) is 13.8 Å². The second-order valence-corrected chi connectivity index (χ2v) is 7.51. The Labute approximate surface area is 189 Å². The Bertz CT molecular complexity index is 1420. The van der Waals surface area contributed by atoms with Crippen molar-refractivity contribution in [3.05, 3.63) is 96.2 Å². The molecule has 2 aromatic carbocycles. The van der Waals surface area contributed by atoms with E-state index in [4.69, 9.17) is 0 Å². The van der Waals surface area contributed by atoms with E-state index in [1.165, 1.54) is 0 Å². The van der Waals surface area contributed by atoms with Gasteiger partial charge in [-0.2, -0.15) is 9.78 Å². The van der Waals surface area contributed by atoms with Crippen molar-refractivity contribution in [2.24, 2.45) is 0 Å². The van der Waals surface area contributed by atoms with Crippen LogP contribution in [0.4, 0.5) is 5.69 Å². The van der Waals surface area contributed by atoms with E-state index in [1.54, 1.807) is 28.0 Å². The van der Waals surface area contributed by atoms with Gasteiger partial charge in [-0.25, -0.2) is 4.68 Å². The Morgan fingerprint density at radius 3 is 2.58 bits per heavy atom. The summed E-state index contributed by atoms with van der Waals surface area (Å²) < 4.78 is 3.34. The second kappa shape index (κ2) is 8.46. The lowest BCUT2D eigenvalue weighted by Crippen LogP contribution is -2.13. The molecule has 1 N–H and O–H groups in total. The van der Waals surface area contributed by atoms with Crippen LogP contribution in [0.2, 0.25) is 0 Å². The number of benzene rings is 2. The third kappa shape index (κ3) is 3.99. The van der Waals surface area contributed by atoms with Gasteiger partial charge in [-0.05, 0) is 66.2 Å². The largest absolute Gasteiger partial charge is 0.322 e. The number of anilines is 1. The molecule has 162 valence electrons. The molecule has 33 heavy (non-hydrogen) atoms. The highest BCUT2D eigenvalue weighted by atomic mass is 16.1. The van der Waals surface area contributed by atoms with Gasteiger partial charge < -0.3 is 5.32 Å². The van der Waals surface area contributed by atoms with Crippen LogP contribution in [0, 0.1) is 13.8 Å². The molecule has 0 radical (unpaired) electrons. The number of carbonyl (C=O) groups excluding carboxylic acids is 1. The molecule has 0 unspecified atom stereocenters. The van der Waals surface area contributed by atoms with E-state index in [9.17, 15) is 4.79 Å². The minimum Gasteiger partial charge on any atom is -0.322 e. The molecule has 0 aliphatic carbocycles. The van der Waals surface area contributed by atoms with Gasteiger partial charge in [-0.1, -0.05) is 24.3 Å². The fourth-order valence-electron chi connectivity index (χ4n) is 3.54. The van der Waals surface area contributed by atoms with Gasteiger partial charge in [0.1, 0.15) is 5.69 Å². The summed E-state index contributed by atoms with van der Waals surface area (Å²) in [7, 11) is 0. The average Bonchev–Trinajstić information content (AvgIpc) is 3.48. The Morgan fingerprint density at radius 1 is 1.00 bits per heavy atom. The summed E-state index contributed by atoms with van der Waals surface area (Å²) in [4.78, 5) is 17.6. The summed E-state index contributed by atoms with van der Waals surface area (Å²) in [5.74, 6) is 0.379. The number of hydrogen-bond donors (Lipinski definition) is 1. The molecule has 3 heterocycles. The average molecular weight is 436 g/mol. The standard InChI is InChI=1S/C24H20N8O/c1-16-10-11-19(13-22(16)32-17(2)27-29-30-32)26-24(33)21-15-31(20-8-4-3-5-9-20)28-23(21)18-7-6-12-25-14-18/h3-15H,1-2H3,(H,26,33). The molecule has 9 heteroatoms. The maximum atomic E-state index is 13.4. The summed E-state index contributed by atoms with van der Waals surface area (Å²) in [5.41, 5.74) is 5.00. The van der Waals surface area contributed by atoms with Crippen LogP contribution in [-0.2, 0) is 0 Å². The van der Waals surface area contributed by atoms with Crippen LogP contribution in [0.15, 0.2) is 79.3 Å². The summed E-state index contributed by atoms with van der Waals surface area (Å²) >= 11 is 0. The van der Waals surface area contributed by atoms with Crippen molar-refractivity contribution in [3.63, 3.8) is 0 Å². The number of hydrogen-bond acceptors (Lipinski definition) is 6. The Kier molecular flexibility index (Phi) is 5.19. The van der Waals surface area contributed by atoms with E-state index < -0.39 is 0 Å². The number of para-hydroxylation sites is 1. The van der Waals surface area contributed by atoms with Crippen molar-refractivity contribution in [3.8, 4) is 22.6 Å². The zero-order valence-electron chi connectivity index (χ0n) is 18.0. The first-order valence-electron chi connectivity index (χ1n) is 10.3. The van der Waals surface area contributed by atoms with Gasteiger partial charge in [0, 0.05) is 29.8 Å². The van der Waals surface area contributed by atoms with E-state index in [-0.39, 0.29) is 5.91 Å². The molecular weight excluding hydrogens is 416 g/mol. The van der Waals surface area contributed by atoms with Crippen LogP contribution in [0.25, 0.3) is 22.6 Å². The van der Waals surface area contributed by atoms with Gasteiger partial charge in [-0.15, -0.1) is 5.10 Å². The van der Waals surface area contributed by atoms with Gasteiger partial charge in [0.2, 0.25) is 0 Å². The zero-order chi connectivity index (χ0) is 22.8. The summed E-state index contributed by atoms with van der Waals surface area (Å²) in [6.07, 6.45) is 5.11. The molecule has 9 nitrogen and oxygen atoms in total. The van der Waals surface area contributed by atoms with E-state index in [0.29, 0.717) is 22.8 Å². The van der Waals surface area contributed by atoms with E-state index in [2.05, 4.69) is 30.9 Å². The van der Waals surface area contributed by atoms with E-state index in [0.717, 1.165) is 22.5 Å². The van der Waals surface area contributed by atoms with Gasteiger partial charge in [-0.3, -0.25) is 9.78 Å². The third-order valence-corrected chi connectivity index (χ3v) is 5.24. The van der Waals surface area contributed by atoms with Crippen molar-refractivity contribution in [1.29, 1.82) is 0 Å². The van der Waals surface area contributed by atoms with E-state index in [1.807, 2.05) is 74.5 Å². The van der Waals surface area contributed by atoms with Crippen molar-refractivity contribution in [1.82, 2.24) is 35.0 Å². The maximum Gasteiger partial charge on any atom is 0.259 e. The highest BCUT2D eigenvalue weighted by molar-refractivity contribution is 6.08. The first kappa shape index (κ1) is 20.3. The molecule has 0 bridgehead atoms. The number of carbonyl (C=O) groups is 1. The monoisotopic (exact) mass is 436 g/mol. The predicted molar refractivity (Wildman–Crippen MR) is 123 cm³/mol. The molecule has 0 saturated carbocycles. The molecule has 0 aliphatic heterocycles. The topological polar surface area (TPSA) is 103 Å². The molecule has 5 aromatic rings. The zero-order valence-corrected chi connectivity index (χ0v) is 18.0. The first-order valence-corrected chi connectivity index (χ1v) is 10.3. The molecule has 0 aliphatic rings. The number of tetrazole rings is 1. The highest BCUT2D eigenvalue weighted by Gasteiger charge is 2.19. The quantitative estimate of drug-likeness (QED) is 0.450. The lowest BCUT2D eigenvalue weighted by atomic mass is 10.1. The molecular formula is C24H20N8O. The smallest absolute Gasteiger partial charge is 0.259 e. The van der Waals surface area contributed by atoms with Crippen molar-refractivity contribution in [2.75, 3.05) is 5.32 Å². The van der Waals surface area contributed by atoms with Crippen molar-refractivity contribution >= 4 is 11.6 Å². The molecule has 5 rings (SSSR count). The number of pyridine rings is 1. The molecule has 0 saturated heterocycles. The number of aromatic nitrogens is 7. The summed E-state index contributed by atoms with van der Waals surface area (Å²) in [5, 5.41) is 19.4. The lowest BCUT2D eigenvalue weighted by Gasteiger charge is -2.10. The second-order valence-electron chi connectivity index (χ2n) is 7.51. The normalized spacial score (nSPS) is 10.8. The highest BCUT2D eigenvalue weighted by Crippen LogP contribution is 2.25. The minimum atomic E-state index is -0.278. The molecule has 0 atom stereocenters. The van der Waals surface area contributed by atoms with Gasteiger partial charge in [0.15, 0.2) is 5.82 Å². The van der Waals surface area contributed by atoms with Gasteiger partial charge >= 0.3 is 0 Å². The van der Waals surface area contributed by atoms with Gasteiger partial charge in [0.05, 0.1) is 16.9 Å². The Hall–Kier alpha value is -4.66. The fourth-order valence-corrected chi connectivity index (χ4v) is 3.54. The molecule has 0 fully saturated rings. The third-order valence-electron chi connectivity index (χ3n) is 5.24. The maximum absolute atomic E-state index is 13.4. The van der Waals surface area contributed by atoms with Crippen LogP contribution < -0.4 is 5.32 Å². The number of rotatable bonds is 5. The predicted octanol–water partition coefficient (Wildman–Crippen LogP) is 3.78. The SMILES string of the molecule is Cc1ccc(NC(=O)c2cn(-c3ccccc3)nc2-c2cccnc2)cc1-n1nnnc1C. The Balaban J connectivity index is 1.52. The number of amides is 1. The van der Waals surface area contributed by atoms with Crippen LogP contribution in [0.5, 0.6) is 0 Å². The molecule has 3 aromatic heterocycles. The van der Waals surface area contributed by atoms with Crippen molar-refractivity contribution < 1.29 is 4.79 Å². The number of nitrogens with zero attached hydrogens (tertiary/aromatic N) is 7. The van der Waals surface area contributed by atoms with E-state index >= 15 is 0 Å². The minimum absolute atomic E-state index is 0.278. The first-order chi connectivity index (χ1) is 16.1. The van der Waals surface area contributed by atoms with Crippen LogP contribution in [0.1, 0.15) is 21.7 Å². The molecule has 0 spiro atoms. The summed E-state index contributed by atoms with van der Waals surface area (Å²) in [6, 6.07) is 19.0. The van der Waals surface area contributed by atoms with Crippen LogP contribution in [-0.4, -0.2) is 40.9 Å². The number of aryl methyl sites for hydroxylation is 2. The van der Waals surface area contributed by atoms with Crippen LogP contribution in [0.3, 0.4) is 0 Å². The summed E-state index contributed by atoms with van der Waals surface area (Å²) in [6.45, 7) is 3.79.